The van der Waals surface area contributed by atoms with Crippen LogP contribution >= 0.6 is 0 Å². The topological polar surface area (TPSA) is 41.6 Å². The zero-order valence-corrected chi connectivity index (χ0v) is 12.6. The number of nitrogens with zero attached hydrogens (tertiary/aromatic N) is 1. The van der Waals surface area contributed by atoms with Crippen molar-refractivity contribution in [3.63, 3.8) is 0 Å². The van der Waals surface area contributed by atoms with Crippen LogP contribution in [0.5, 0.6) is 5.75 Å². The van der Waals surface area contributed by atoms with Gasteiger partial charge in [-0.3, -0.25) is 4.79 Å². The van der Waals surface area contributed by atoms with Crippen LogP contribution in [-0.2, 0) is 11.3 Å². The van der Waals surface area contributed by atoms with E-state index >= 15 is 0 Å². The highest BCUT2D eigenvalue weighted by atomic mass is 16.5. The van der Waals surface area contributed by atoms with Crippen LogP contribution in [0.2, 0.25) is 0 Å². The summed E-state index contributed by atoms with van der Waals surface area (Å²) in [5, 5.41) is 3.33. The Bertz CT molecular complexity index is 440. The third-order valence-electron chi connectivity index (χ3n) is 3.46. The molecule has 0 heterocycles. The molecule has 1 amide bonds. The molecule has 1 aliphatic carbocycles. The lowest BCUT2D eigenvalue weighted by Gasteiger charge is -2.22. The first kappa shape index (κ1) is 14.9. The number of rotatable bonds is 7. The summed E-state index contributed by atoms with van der Waals surface area (Å²) in [6.07, 6.45) is 2.39. The fourth-order valence-electron chi connectivity index (χ4n) is 2.21. The summed E-state index contributed by atoms with van der Waals surface area (Å²) in [6.45, 7) is 5.20. The van der Waals surface area contributed by atoms with Crippen LogP contribution < -0.4 is 10.1 Å². The van der Waals surface area contributed by atoms with Crippen molar-refractivity contribution in [2.75, 3.05) is 13.7 Å². The molecule has 1 N–H and O–H groups in total. The van der Waals surface area contributed by atoms with Gasteiger partial charge in [0.1, 0.15) is 5.75 Å². The first-order chi connectivity index (χ1) is 9.60. The van der Waals surface area contributed by atoms with Crippen molar-refractivity contribution in [3.05, 3.63) is 29.8 Å². The second kappa shape index (κ2) is 6.75. The Hall–Kier alpha value is -1.55. The quantitative estimate of drug-likeness (QED) is 0.830. The molecule has 0 spiro atoms. The number of likely N-dealkylation sites (N-methyl/N-ethyl adjacent to an activating group) is 1. The molecule has 1 atom stereocenters. The second-order valence-electron chi connectivity index (χ2n) is 5.43. The van der Waals surface area contributed by atoms with Crippen LogP contribution in [0.4, 0.5) is 0 Å². The molecule has 2 rings (SSSR count). The van der Waals surface area contributed by atoms with E-state index in [9.17, 15) is 4.79 Å². The van der Waals surface area contributed by atoms with E-state index in [1.165, 1.54) is 12.8 Å². The molecular weight excluding hydrogens is 252 g/mol. The van der Waals surface area contributed by atoms with Crippen LogP contribution in [0.15, 0.2) is 24.3 Å². The molecule has 1 aromatic carbocycles. The highest BCUT2D eigenvalue weighted by Gasteiger charge is 2.26. The molecule has 1 aromatic rings. The zero-order valence-electron chi connectivity index (χ0n) is 12.6. The van der Waals surface area contributed by atoms with Gasteiger partial charge >= 0.3 is 0 Å². The number of hydrogen-bond acceptors (Lipinski definition) is 3. The lowest BCUT2D eigenvalue weighted by molar-refractivity contribution is -0.132. The normalized spacial score (nSPS) is 15.8. The zero-order chi connectivity index (χ0) is 14.5. The molecular formula is C16H24N2O2. The minimum Gasteiger partial charge on any atom is -0.494 e. The van der Waals surface area contributed by atoms with E-state index in [1.807, 2.05) is 45.2 Å². The monoisotopic (exact) mass is 276 g/mol. The summed E-state index contributed by atoms with van der Waals surface area (Å²) in [5.74, 6) is 1.01. The Morgan fingerprint density at radius 2 is 2.05 bits per heavy atom. The lowest BCUT2D eigenvalue weighted by Crippen LogP contribution is -2.43. The molecule has 1 unspecified atom stereocenters. The Kier molecular flexibility index (Phi) is 5.01. The van der Waals surface area contributed by atoms with Crippen LogP contribution in [0, 0.1) is 0 Å². The van der Waals surface area contributed by atoms with Gasteiger partial charge in [-0.25, -0.2) is 0 Å². The lowest BCUT2D eigenvalue weighted by atomic mass is 10.2. The summed E-state index contributed by atoms with van der Waals surface area (Å²) in [5.41, 5.74) is 1.11. The number of benzene rings is 1. The number of amides is 1. The average molecular weight is 276 g/mol. The molecule has 0 aliphatic heterocycles. The molecule has 4 nitrogen and oxygen atoms in total. The van der Waals surface area contributed by atoms with Gasteiger partial charge in [0.2, 0.25) is 5.91 Å². The number of nitrogens with one attached hydrogen (secondary N) is 1. The third kappa shape index (κ3) is 4.23. The molecule has 1 fully saturated rings. The largest absolute Gasteiger partial charge is 0.494 e. The molecule has 1 saturated carbocycles. The summed E-state index contributed by atoms with van der Waals surface area (Å²) in [7, 11) is 1.85. The fourth-order valence-corrected chi connectivity index (χ4v) is 2.21. The van der Waals surface area contributed by atoms with E-state index < -0.39 is 0 Å². The summed E-state index contributed by atoms with van der Waals surface area (Å²) >= 11 is 0. The molecule has 1 aliphatic rings. The maximum absolute atomic E-state index is 12.2. The van der Waals surface area contributed by atoms with E-state index in [0.29, 0.717) is 19.2 Å². The predicted octanol–water partition coefficient (Wildman–Crippen LogP) is 2.18. The molecule has 0 aromatic heterocycles. The number of ether oxygens (including phenoxy) is 1. The third-order valence-corrected chi connectivity index (χ3v) is 3.46. The van der Waals surface area contributed by atoms with Gasteiger partial charge in [-0.15, -0.1) is 0 Å². The molecule has 20 heavy (non-hydrogen) atoms. The minimum absolute atomic E-state index is 0.102. The number of hydrogen-bond donors (Lipinski definition) is 1. The molecule has 4 heteroatoms. The highest BCUT2D eigenvalue weighted by Crippen LogP contribution is 2.20. The Morgan fingerprint density at radius 3 is 2.60 bits per heavy atom. The first-order valence-corrected chi connectivity index (χ1v) is 7.33. The van der Waals surface area contributed by atoms with E-state index in [0.717, 1.165) is 11.3 Å². The van der Waals surface area contributed by atoms with Crippen molar-refractivity contribution in [1.82, 2.24) is 10.2 Å². The Morgan fingerprint density at radius 1 is 1.40 bits per heavy atom. The van der Waals surface area contributed by atoms with Crippen molar-refractivity contribution in [2.24, 2.45) is 0 Å². The van der Waals surface area contributed by atoms with Crippen LogP contribution in [0.1, 0.15) is 32.3 Å². The summed E-state index contributed by atoms with van der Waals surface area (Å²) < 4.78 is 5.41. The van der Waals surface area contributed by atoms with E-state index in [4.69, 9.17) is 4.74 Å². The van der Waals surface area contributed by atoms with Crippen molar-refractivity contribution in [1.29, 1.82) is 0 Å². The number of carbonyl (C=O) groups is 1. The molecule has 0 bridgehead atoms. The van der Waals surface area contributed by atoms with Gasteiger partial charge in [0.25, 0.3) is 0 Å². The highest BCUT2D eigenvalue weighted by molar-refractivity contribution is 5.81. The van der Waals surface area contributed by atoms with Crippen molar-refractivity contribution < 1.29 is 9.53 Å². The maximum atomic E-state index is 12.2. The average Bonchev–Trinajstić information content (AvgIpc) is 3.24. The van der Waals surface area contributed by atoms with Crippen LogP contribution in [-0.4, -0.2) is 36.5 Å². The standard InChI is InChI=1S/C16H24N2O2/c1-4-20-15-9-5-13(6-10-15)11-18(3)16(19)12(2)17-14-7-8-14/h5-6,9-10,12,14,17H,4,7-8,11H2,1-3H3. The van der Waals surface area contributed by atoms with Crippen LogP contribution in [0.3, 0.4) is 0 Å². The Balaban J connectivity index is 1.85. The van der Waals surface area contributed by atoms with Crippen molar-refractivity contribution >= 4 is 5.91 Å². The van der Waals surface area contributed by atoms with Gasteiger partial charge in [0.15, 0.2) is 0 Å². The van der Waals surface area contributed by atoms with Gasteiger partial charge in [-0.2, -0.15) is 0 Å². The van der Waals surface area contributed by atoms with Crippen molar-refractivity contribution in [2.45, 2.75) is 45.3 Å². The summed E-state index contributed by atoms with van der Waals surface area (Å²) in [6, 6.07) is 8.36. The fraction of sp³-hybridized carbons (Fsp3) is 0.562. The van der Waals surface area contributed by atoms with E-state index in [2.05, 4.69) is 5.32 Å². The van der Waals surface area contributed by atoms with Gasteiger partial charge in [-0.05, 0) is 44.4 Å². The minimum atomic E-state index is -0.102. The van der Waals surface area contributed by atoms with E-state index in [1.54, 1.807) is 4.90 Å². The van der Waals surface area contributed by atoms with Gasteiger partial charge in [-0.1, -0.05) is 12.1 Å². The van der Waals surface area contributed by atoms with Crippen molar-refractivity contribution in [3.8, 4) is 5.75 Å². The SMILES string of the molecule is CCOc1ccc(CN(C)C(=O)C(C)NC2CC2)cc1. The van der Waals surface area contributed by atoms with Crippen LogP contribution in [0.25, 0.3) is 0 Å². The smallest absolute Gasteiger partial charge is 0.239 e. The molecule has 110 valence electrons. The van der Waals surface area contributed by atoms with Gasteiger partial charge in [0.05, 0.1) is 12.6 Å². The Labute approximate surface area is 121 Å². The first-order valence-electron chi connectivity index (χ1n) is 7.33. The van der Waals surface area contributed by atoms with E-state index in [-0.39, 0.29) is 11.9 Å². The molecule has 0 saturated heterocycles. The van der Waals surface area contributed by atoms with Gasteiger partial charge in [0, 0.05) is 19.6 Å². The number of carbonyl (C=O) groups excluding carboxylic acids is 1. The summed E-state index contributed by atoms with van der Waals surface area (Å²) in [4.78, 5) is 14.0. The molecule has 0 radical (unpaired) electrons. The van der Waals surface area contributed by atoms with Gasteiger partial charge < -0.3 is 15.0 Å². The second-order valence-corrected chi connectivity index (χ2v) is 5.43. The predicted molar refractivity (Wildman–Crippen MR) is 79.7 cm³/mol. The maximum Gasteiger partial charge on any atom is 0.239 e.